The second kappa shape index (κ2) is 2.61. The molecule has 0 unspecified atom stereocenters. The Morgan fingerprint density at radius 1 is 1.50 bits per heavy atom. The van der Waals surface area contributed by atoms with Crippen LogP contribution in [0.25, 0.3) is 11.6 Å². The summed E-state index contributed by atoms with van der Waals surface area (Å²) in [6.45, 7) is 0. The van der Waals surface area contributed by atoms with Gasteiger partial charge in [0.25, 0.3) is 0 Å². The van der Waals surface area contributed by atoms with E-state index in [1.165, 1.54) is 16.4 Å². The molecule has 0 atom stereocenters. The summed E-state index contributed by atoms with van der Waals surface area (Å²) >= 11 is 0. The summed E-state index contributed by atoms with van der Waals surface area (Å²) in [6.07, 6.45) is 11.3. The van der Waals surface area contributed by atoms with Crippen molar-refractivity contribution < 1.29 is 4.84 Å². The van der Waals surface area contributed by atoms with Crippen LogP contribution < -0.4 is 15.4 Å². The molecule has 0 aliphatic heterocycles. The van der Waals surface area contributed by atoms with E-state index in [2.05, 4.69) is 29.4 Å². The Morgan fingerprint density at radius 2 is 2.43 bits per heavy atom. The highest BCUT2D eigenvalue weighted by Gasteiger charge is 2.14. The van der Waals surface area contributed by atoms with Crippen molar-refractivity contribution in [1.29, 1.82) is 0 Å². The largest absolute Gasteiger partial charge is 0.400 e. The van der Waals surface area contributed by atoms with Crippen LogP contribution in [-0.2, 0) is 0 Å². The van der Waals surface area contributed by atoms with Crippen LogP contribution in [0, 0.1) is 0 Å². The molecule has 14 heavy (non-hydrogen) atoms. The topological polar surface area (TPSA) is 27.1 Å². The van der Waals surface area contributed by atoms with Crippen LogP contribution in [0.3, 0.4) is 0 Å². The van der Waals surface area contributed by atoms with E-state index in [0.717, 1.165) is 11.8 Å². The van der Waals surface area contributed by atoms with Gasteiger partial charge in [0.15, 0.2) is 0 Å². The Morgan fingerprint density at radius 3 is 3.29 bits per heavy atom. The quantitative estimate of drug-likeness (QED) is 0.606. The molecule has 0 aromatic carbocycles. The zero-order valence-corrected chi connectivity index (χ0v) is 7.90. The van der Waals surface area contributed by atoms with Gasteiger partial charge in [-0.05, 0) is 23.6 Å². The molecular weight excluding hydrogens is 176 g/mol. The molecule has 70 valence electrons. The maximum atomic E-state index is 5.12. The molecule has 3 heteroatoms. The van der Waals surface area contributed by atoms with Gasteiger partial charge in [0, 0.05) is 5.22 Å². The average molecular weight is 186 g/mol. The summed E-state index contributed by atoms with van der Waals surface area (Å²) in [6, 6.07) is 0. The van der Waals surface area contributed by atoms with Crippen LogP contribution in [0.4, 0.5) is 0 Å². The highest BCUT2D eigenvalue weighted by atomic mass is 16.7. The molecule has 1 aromatic rings. The summed E-state index contributed by atoms with van der Waals surface area (Å²) in [7, 11) is 1.63. The zero-order valence-electron chi connectivity index (χ0n) is 7.90. The Labute approximate surface area is 81.3 Å². The molecule has 3 rings (SSSR count). The van der Waals surface area contributed by atoms with Crippen molar-refractivity contribution in [2.24, 2.45) is 0 Å². The van der Waals surface area contributed by atoms with Crippen molar-refractivity contribution in [3.05, 3.63) is 40.6 Å². The van der Waals surface area contributed by atoms with E-state index < -0.39 is 0 Å². The van der Waals surface area contributed by atoms with Crippen molar-refractivity contribution in [3.8, 4) is 0 Å². The molecule has 0 fully saturated rings. The molecular formula is C11H10N2O. The van der Waals surface area contributed by atoms with E-state index in [9.17, 15) is 0 Å². The maximum Gasteiger partial charge on any atom is 0.111 e. The third-order valence-electron chi connectivity index (χ3n) is 2.65. The minimum atomic E-state index is 0.991. The lowest BCUT2D eigenvalue weighted by atomic mass is 10.0. The van der Waals surface area contributed by atoms with Gasteiger partial charge in [0.05, 0.1) is 6.20 Å². The van der Waals surface area contributed by atoms with E-state index >= 15 is 0 Å². The average Bonchev–Trinajstić information content (AvgIpc) is 2.75. The van der Waals surface area contributed by atoms with Crippen molar-refractivity contribution >= 4 is 11.6 Å². The van der Waals surface area contributed by atoms with E-state index in [4.69, 9.17) is 4.84 Å². The predicted molar refractivity (Wildman–Crippen MR) is 53.7 cm³/mol. The first-order valence-corrected chi connectivity index (χ1v) is 4.61. The van der Waals surface area contributed by atoms with Crippen molar-refractivity contribution in [3.63, 3.8) is 0 Å². The lowest BCUT2D eigenvalue weighted by Crippen LogP contribution is -2.30. The van der Waals surface area contributed by atoms with Gasteiger partial charge in [-0.15, -0.1) is 5.10 Å². The molecule has 1 aromatic heterocycles. The van der Waals surface area contributed by atoms with Gasteiger partial charge in [-0.3, -0.25) is 0 Å². The fraction of sp³-hybridized carbons (Fsp3) is 0.182. The predicted octanol–water partition coefficient (Wildman–Crippen LogP) is -0.227. The summed E-state index contributed by atoms with van der Waals surface area (Å²) in [5.74, 6) is 0. The van der Waals surface area contributed by atoms with Gasteiger partial charge in [0.2, 0.25) is 0 Å². The van der Waals surface area contributed by atoms with Crippen LogP contribution in [0.1, 0.15) is 6.42 Å². The summed E-state index contributed by atoms with van der Waals surface area (Å²) in [4.78, 5) is 6.67. The van der Waals surface area contributed by atoms with Crippen molar-refractivity contribution in [2.45, 2.75) is 6.42 Å². The molecule has 0 spiro atoms. The summed E-state index contributed by atoms with van der Waals surface area (Å²) in [5.41, 5.74) is 2.64. The number of aromatic nitrogens is 2. The lowest BCUT2D eigenvalue weighted by Gasteiger charge is -2.04. The molecule has 0 saturated carbocycles. The number of hydrogen-bond donors (Lipinski definition) is 0. The molecule has 0 saturated heterocycles. The number of nitrogens with zero attached hydrogens (tertiary/aromatic N) is 2. The van der Waals surface area contributed by atoms with Gasteiger partial charge in [0.1, 0.15) is 12.5 Å². The van der Waals surface area contributed by atoms with E-state index in [-0.39, 0.29) is 0 Å². The Balaban J connectivity index is 2.37. The SMILES string of the molecule is COn1ncc2c1=CC1=CC=CCC=21. The molecule has 2 aliphatic carbocycles. The molecule has 0 radical (unpaired) electrons. The van der Waals surface area contributed by atoms with E-state index in [1.54, 1.807) is 12.0 Å². The van der Waals surface area contributed by atoms with Crippen LogP contribution in [0.2, 0.25) is 0 Å². The standard InChI is InChI=1S/C11H10N2O/c1-14-13-11-6-8-4-2-3-5-9(8)10(11)7-12-13/h2-4,6-7H,5H2,1H3. The summed E-state index contributed by atoms with van der Waals surface area (Å²) < 4.78 is 0. The minimum absolute atomic E-state index is 0.991. The number of hydrogen-bond acceptors (Lipinski definition) is 2. The first-order valence-electron chi connectivity index (χ1n) is 4.61. The Kier molecular flexibility index (Phi) is 1.42. The Hall–Kier alpha value is -1.77. The van der Waals surface area contributed by atoms with Crippen molar-refractivity contribution in [1.82, 2.24) is 9.94 Å². The normalized spacial score (nSPS) is 17.2. The second-order valence-electron chi connectivity index (χ2n) is 3.38. The van der Waals surface area contributed by atoms with Gasteiger partial charge in [-0.2, -0.15) is 0 Å². The highest BCUT2D eigenvalue weighted by Crippen LogP contribution is 2.22. The zero-order chi connectivity index (χ0) is 9.54. The van der Waals surface area contributed by atoms with Gasteiger partial charge in [-0.25, -0.2) is 0 Å². The van der Waals surface area contributed by atoms with Gasteiger partial charge >= 0.3 is 0 Å². The molecule has 0 bridgehead atoms. The number of fused-ring (bicyclic) bond motifs is 2. The van der Waals surface area contributed by atoms with Gasteiger partial charge in [-0.1, -0.05) is 23.1 Å². The first-order chi connectivity index (χ1) is 6.90. The monoisotopic (exact) mass is 186 g/mol. The fourth-order valence-electron chi connectivity index (χ4n) is 1.98. The van der Waals surface area contributed by atoms with E-state index in [1.807, 2.05) is 6.20 Å². The summed E-state index contributed by atoms with van der Waals surface area (Å²) in [5, 5.41) is 6.39. The molecule has 2 aliphatic rings. The molecule has 0 amide bonds. The van der Waals surface area contributed by atoms with Crippen molar-refractivity contribution in [2.75, 3.05) is 7.11 Å². The smallest absolute Gasteiger partial charge is 0.111 e. The minimum Gasteiger partial charge on any atom is -0.400 e. The fourth-order valence-corrected chi connectivity index (χ4v) is 1.98. The van der Waals surface area contributed by atoms with Crippen LogP contribution in [-0.4, -0.2) is 17.1 Å². The number of allylic oxidation sites excluding steroid dienone is 4. The first kappa shape index (κ1) is 7.62. The maximum absolute atomic E-state index is 5.12. The molecule has 1 heterocycles. The Bertz CT molecular complexity index is 561. The van der Waals surface area contributed by atoms with E-state index in [0.29, 0.717) is 0 Å². The lowest BCUT2D eigenvalue weighted by molar-refractivity contribution is 0.126. The second-order valence-corrected chi connectivity index (χ2v) is 3.38. The highest BCUT2D eigenvalue weighted by molar-refractivity contribution is 5.83. The van der Waals surface area contributed by atoms with Gasteiger partial charge < -0.3 is 4.84 Å². The van der Waals surface area contributed by atoms with Crippen LogP contribution in [0.15, 0.2) is 30.0 Å². The third kappa shape index (κ3) is 0.839. The van der Waals surface area contributed by atoms with Crippen LogP contribution in [0.5, 0.6) is 0 Å². The molecule has 0 N–H and O–H groups in total. The number of rotatable bonds is 1. The third-order valence-corrected chi connectivity index (χ3v) is 2.65. The molecule has 3 nitrogen and oxygen atoms in total. The van der Waals surface area contributed by atoms with Crippen LogP contribution >= 0.6 is 0 Å².